The van der Waals surface area contributed by atoms with E-state index < -0.39 is 10.0 Å². The van der Waals surface area contributed by atoms with Gasteiger partial charge in [0.25, 0.3) is 5.91 Å². The van der Waals surface area contributed by atoms with E-state index in [9.17, 15) is 13.2 Å². The van der Waals surface area contributed by atoms with Gasteiger partial charge in [-0.15, -0.1) is 0 Å². The smallest absolute Gasteiger partial charge is 0.291 e. The fourth-order valence-corrected chi connectivity index (χ4v) is 6.09. The van der Waals surface area contributed by atoms with Gasteiger partial charge in [-0.25, -0.2) is 18.4 Å². The van der Waals surface area contributed by atoms with Crippen LogP contribution in [0.1, 0.15) is 29.9 Å². The number of carbonyl (C=O) groups excluding carboxylic acids is 1. The lowest BCUT2D eigenvalue weighted by Crippen LogP contribution is -2.50. The molecule has 35 heavy (non-hydrogen) atoms. The third-order valence-electron chi connectivity index (χ3n) is 6.65. The maximum atomic E-state index is 13.4. The number of benzene rings is 2. The van der Waals surface area contributed by atoms with E-state index in [1.165, 1.54) is 30.0 Å². The Morgan fingerprint density at radius 1 is 0.857 bits per heavy atom. The lowest BCUT2D eigenvalue weighted by molar-refractivity contribution is 0.0686. The first kappa shape index (κ1) is 23.5. The van der Waals surface area contributed by atoms with Gasteiger partial charge < -0.3 is 14.5 Å². The van der Waals surface area contributed by atoms with E-state index >= 15 is 0 Å². The van der Waals surface area contributed by atoms with Gasteiger partial charge in [0.1, 0.15) is 11.6 Å². The van der Waals surface area contributed by atoms with Gasteiger partial charge in [0.05, 0.1) is 17.5 Å². The minimum Gasteiger partial charge on any atom is -0.497 e. The van der Waals surface area contributed by atoms with Crippen molar-refractivity contribution in [2.45, 2.75) is 24.2 Å². The van der Waals surface area contributed by atoms with Gasteiger partial charge in [0, 0.05) is 44.7 Å². The number of methoxy groups -OCH3 is 1. The molecule has 2 aliphatic heterocycles. The molecule has 2 aromatic carbocycles. The van der Waals surface area contributed by atoms with Crippen molar-refractivity contribution >= 4 is 32.7 Å². The number of piperidine rings is 1. The maximum Gasteiger partial charge on any atom is 0.291 e. The number of hydrogen-bond acceptors (Lipinski definition) is 7. The number of aromatic nitrogens is 2. The largest absolute Gasteiger partial charge is 0.497 e. The van der Waals surface area contributed by atoms with Gasteiger partial charge in [0.2, 0.25) is 15.8 Å². The summed E-state index contributed by atoms with van der Waals surface area (Å²) in [5, 5.41) is 0.946. The minimum absolute atomic E-state index is 0.163. The summed E-state index contributed by atoms with van der Waals surface area (Å²) >= 11 is 0. The molecule has 0 spiro atoms. The number of fused-ring (bicyclic) bond motifs is 1. The molecule has 9 nitrogen and oxygen atoms in total. The molecule has 3 heterocycles. The van der Waals surface area contributed by atoms with Crippen LogP contribution in [0.4, 0.5) is 5.82 Å². The first-order valence-electron chi connectivity index (χ1n) is 11.9. The van der Waals surface area contributed by atoms with E-state index in [0.29, 0.717) is 5.75 Å². The van der Waals surface area contributed by atoms with Crippen molar-refractivity contribution in [3.8, 4) is 5.75 Å². The molecule has 10 heteroatoms. The van der Waals surface area contributed by atoms with E-state index in [0.717, 1.165) is 42.7 Å². The SMILES string of the molecule is COc1ccc(S(=O)(=O)N2CCN(C(=O)c3nc(N4CCCCC4)c4ccccc4n3)CC2)cc1. The quantitative estimate of drug-likeness (QED) is 0.537. The summed E-state index contributed by atoms with van der Waals surface area (Å²) in [7, 11) is -2.11. The van der Waals surface area contributed by atoms with Crippen LogP contribution < -0.4 is 9.64 Å². The molecule has 1 aromatic heterocycles. The van der Waals surface area contributed by atoms with Crippen molar-refractivity contribution in [3.05, 3.63) is 54.4 Å². The lowest BCUT2D eigenvalue weighted by atomic mass is 10.1. The van der Waals surface area contributed by atoms with Crippen LogP contribution in [0.5, 0.6) is 5.75 Å². The van der Waals surface area contributed by atoms with Gasteiger partial charge in [-0.1, -0.05) is 12.1 Å². The van der Waals surface area contributed by atoms with E-state index in [1.54, 1.807) is 17.0 Å². The molecule has 2 fully saturated rings. The number of rotatable bonds is 5. The fraction of sp³-hybridized carbons (Fsp3) is 0.400. The minimum atomic E-state index is -3.65. The topological polar surface area (TPSA) is 95.9 Å². The van der Waals surface area contributed by atoms with Crippen molar-refractivity contribution < 1.29 is 17.9 Å². The van der Waals surface area contributed by atoms with Crippen LogP contribution in [0.15, 0.2) is 53.4 Å². The number of anilines is 1. The summed E-state index contributed by atoms with van der Waals surface area (Å²) in [5.41, 5.74) is 0.743. The first-order valence-corrected chi connectivity index (χ1v) is 13.4. The van der Waals surface area contributed by atoms with Crippen molar-refractivity contribution in [1.82, 2.24) is 19.2 Å². The number of sulfonamides is 1. The summed E-state index contributed by atoms with van der Waals surface area (Å²) in [6.07, 6.45) is 3.41. The molecule has 0 bridgehead atoms. The molecule has 0 saturated carbocycles. The highest BCUT2D eigenvalue weighted by Crippen LogP contribution is 2.27. The molecule has 0 N–H and O–H groups in total. The Morgan fingerprint density at radius 3 is 2.23 bits per heavy atom. The standard InChI is InChI=1S/C25H29N5O4S/c1-34-19-9-11-20(12-10-19)35(32,33)30-17-15-29(16-18-30)25(31)23-26-22-8-4-3-7-21(22)24(27-23)28-13-5-2-6-14-28/h3-4,7-12H,2,5-6,13-18H2,1H3. The van der Waals surface area contributed by atoms with Crippen molar-refractivity contribution in [1.29, 1.82) is 0 Å². The summed E-state index contributed by atoms with van der Waals surface area (Å²) in [6, 6.07) is 14.1. The van der Waals surface area contributed by atoms with Crippen molar-refractivity contribution in [2.24, 2.45) is 0 Å². The zero-order valence-electron chi connectivity index (χ0n) is 19.8. The molecular formula is C25H29N5O4S. The van der Waals surface area contributed by atoms with Crippen molar-refractivity contribution in [3.63, 3.8) is 0 Å². The average molecular weight is 496 g/mol. The number of piperazine rings is 1. The fourth-order valence-electron chi connectivity index (χ4n) is 4.67. The molecule has 3 aromatic rings. The van der Waals surface area contributed by atoms with E-state index in [-0.39, 0.29) is 42.8 Å². The number of amides is 1. The molecule has 0 atom stereocenters. The first-order chi connectivity index (χ1) is 17.0. The van der Waals surface area contributed by atoms with Crippen LogP contribution in [0.25, 0.3) is 10.9 Å². The highest BCUT2D eigenvalue weighted by molar-refractivity contribution is 7.89. The molecule has 2 aliphatic rings. The van der Waals surface area contributed by atoms with Crippen LogP contribution in [0, 0.1) is 0 Å². The van der Waals surface area contributed by atoms with E-state index in [2.05, 4.69) is 9.88 Å². The number of hydrogen-bond donors (Lipinski definition) is 0. The number of carbonyl (C=O) groups is 1. The Labute approximate surface area is 205 Å². The Kier molecular flexibility index (Phi) is 6.57. The number of nitrogens with zero attached hydrogens (tertiary/aromatic N) is 5. The second kappa shape index (κ2) is 9.79. The molecule has 0 radical (unpaired) electrons. The zero-order chi connectivity index (χ0) is 24.4. The Bertz CT molecular complexity index is 1320. The second-order valence-electron chi connectivity index (χ2n) is 8.81. The highest BCUT2D eigenvalue weighted by Gasteiger charge is 2.32. The third kappa shape index (κ3) is 4.68. The van der Waals surface area contributed by atoms with Gasteiger partial charge in [-0.2, -0.15) is 4.31 Å². The molecular weight excluding hydrogens is 466 g/mol. The van der Waals surface area contributed by atoms with E-state index in [1.807, 2.05) is 24.3 Å². The number of ether oxygens (including phenoxy) is 1. The molecule has 0 aliphatic carbocycles. The third-order valence-corrected chi connectivity index (χ3v) is 8.57. The monoisotopic (exact) mass is 495 g/mol. The summed E-state index contributed by atoms with van der Waals surface area (Å²) in [5.74, 6) is 1.30. The average Bonchev–Trinajstić information content (AvgIpc) is 2.92. The van der Waals surface area contributed by atoms with E-state index in [4.69, 9.17) is 9.72 Å². The van der Waals surface area contributed by atoms with Gasteiger partial charge in [-0.05, 0) is 55.7 Å². The summed E-state index contributed by atoms with van der Waals surface area (Å²) in [4.78, 5) is 26.7. The molecule has 0 unspecified atom stereocenters. The second-order valence-corrected chi connectivity index (χ2v) is 10.7. The Morgan fingerprint density at radius 2 is 1.54 bits per heavy atom. The van der Waals surface area contributed by atoms with Crippen molar-refractivity contribution in [2.75, 3.05) is 51.3 Å². The predicted octanol–water partition coefficient (Wildman–Crippen LogP) is 2.78. The van der Waals surface area contributed by atoms with Crippen LogP contribution >= 0.6 is 0 Å². The molecule has 1 amide bonds. The van der Waals surface area contributed by atoms with Gasteiger partial charge in [-0.3, -0.25) is 4.79 Å². The predicted molar refractivity (Wildman–Crippen MR) is 133 cm³/mol. The molecule has 5 rings (SSSR count). The zero-order valence-corrected chi connectivity index (χ0v) is 20.6. The van der Waals surface area contributed by atoms with Crippen LogP contribution in [-0.4, -0.2) is 79.9 Å². The Hall–Kier alpha value is -3.24. The summed E-state index contributed by atoms with van der Waals surface area (Å²) in [6.45, 7) is 2.82. The van der Waals surface area contributed by atoms with Gasteiger partial charge >= 0.3 is 0 Å². The maximum absolute atomic E-state index is 13.4. The lowest BCUT2D eigenvalue weighted by Gasteiger charge is -2.34. The summed E-state index contributed by atoms with van der Waals surface area (Å²) < 4.78 is 32.6. The van der Waals surface area contributed by atoms with Crippen LogP contribution in [0.3, 0.4) is 0 Å². The number of para-hydroxylation sites is 1. The Balaban J connectivity index is 1.34. The molecule has 2 saturated heterocycles. The van der Waals surface area contributed by atoms with Crippen LogP contribution in [-0.2, 0) is 10.0 Å². The highest BCUT2D eigenvalue weighted by atomic mass is 32.2. The molecule has 184 valence electrons. The van der Waals surface area contributed by atoms with Crippen LogP contribution in [0.2, 0.25) is 0 Å². The van der Waals surface area contributed by atoms with Gasteiger partial charge in [0.15, 0.2) is 0 Å². The normalized spacial score (nSPS) is 17.5.